The van der Waals surface area contributed by atoms with E-state index in [4.69, 9.17) is 23.2 Å². The van der Waals surface area contributed by atoms with Crippen LogP contribution in [0.1, 0.15) is 16.5 Å². The smallest absolute Gasteiger partial charge is 0.123 e. The molecule has 1 unspecified atom stereocenters. The molecular formula is C14H11Cl2F. The molecule has 3 heteroatoms. The van der Waals surface area contributed by atoms with Crippen LogP contribution in [0, 0.1) is 5.82 Å². The van der Waals surface area contributed by atoms with Crippen LogP contribution < -0.4 is 0 Å². The zero-order chi connectivity index (χ0) is 12.3. The van der Waals surface area contributed by atoms with Gasteiger partial charge in [-0.25, -0.2) is 4.39 Å². The molecule has 2 aromatic carbocycles. The maximum Gasteiger partial charge on any atom is 0.123 e. The van der Waals surface area contributed by atoms with Crippen molar-refractivity contribution in [3.63, 3.8) is 0 Å². The molecule has 0 nitrogen and oxygen atoms in total. The highest BCUT2D eigenvalue weighted by Gasteiger charge is 2.08. The molecule has 0 amide bonds. The lowest BCUT2D eigenvalue weighted by Crippen LogP contribution is -1.95. The monoisotopic (exact) mass is 268 g/mol. The number of hydrogen-bond donors (Lipinski definition) is 0. The first-order chi connectivity index (χ1) is 8.15. The fraction of sp³-hybridized carbons (Fsp3) is 0.143. The third-order valence-electron chi connectivity index (χ3n) is 2.56. The Hall–Kier alpha value is -1.05. The lowest BCUT2D eigenvalue weighted by Gasteiger charge is -2.10. The molecule has 0 heterocycles. The van der Waals surface area contributed by atoms with Crippen LogP contribution in [0.5, 0.6) is 0 Å². The first-order valence-corrected chi connectivity index (χ1v) is 6.10. The average Bonchev–Trinajstić information content (AvgIpc) is 2.33. The van der Waals surface area contributed by atoms with Crippen LogP contribution in [0.25, 0.3) is 0 Å². The summed E-state index contributed by atoms with van der Waals surface area (Å²) in [5.41, 5.74) is 2.03. The summed E-state index contributed by atoms with van der Waals surface area (Å²) in [7, 11) is 0. The van der Waals surface area contributed by atoms with Crippen LogP contribution >= 0.6 is 23.2 Å². The SMILES string of the molecule is Fc1ccc(C(Cl)Cc2ccc(Cl)cc2)cc1. The highest BCUT2D eigenvalue weighted by atomic mass is 35.5. The third kappa shape index (κ3) is 3.45. The Morgan fingerprint density at radius 1 is 0.941 bits per heavy atom. The second kappa shape index (κ2) is 5.52. The lowest BCUT2D eigenvalue weighted by atomic mass is 10.0. The van der Waals surface area contributed by atoms with Crippen LogP contribution in [0.15, 0.2) is 48.5 Å². The van der Waals surface area contributed by atoms with E-state index in [0.29, 0.717) is 11.4 Å². The van der Waals surface area contributed by atoms with Crippen molar-refractivity contribution in [3.05, 3.63) is 70.5 Å². The highest BCUT2D eigenvalue weighted by molar-refractivity contribution is 6.30. The molecule has 88 valence electrons. The number of benzene rings is 2. The molecule has 2 rings (SSSR count). The Morgan fingerprint density at radius 3 is 2.12 bits per heavy atom. The van der Waals surface area contributed by atoms with Crippen molar-refractivity contribution in [2.24, 2.45) is 0 Å². The van der Waals surface area contributed by atoms with Gasteiger partial charge >= 0.3 is 0 Å². The molecule has 0 aromatic heterocycles. The van der Waals surface area contributed by atoms with Gasteiger partial charge in [-0.15, -0.1) is 11.6 Å². The fourth-order valence-electron chi connectivity index (χ4n) is 1.62. The van der Waals surface area contributed by atoms with Gasteiger partial charge in [-0.05, 0) is 41.8 Å². The minimum absolute atomic E-state index is 0.156. The third-order valence-corrected chi connectivity index (χ3v) is 3.22. The van der Waals surface area contributed by atoms with E-state index in [1.165, 1.54) is 12.1 Å². The van der Waals surface area contributed by atoms with Gasteiger partial charge in [-0.1, -0.05) is 35.9 Å². The van der Waals surface area contributed by atoms with Gasteiger partial charge in [0.15, 0.2) is 0 Å². The second-order valence-electron chi connectivity index (χ2n) is 3.85. The van der Waals surface area contributed by atoms with Gasteiger partial charge in [0, 0.05) is 5.02 Å². The topological polar surface area (TPSA) is 0 Å². The summed E-state index contributed by atoms with van der Waals surface area (Å²) >= 11 is 12.1. The molecule has 0 aliphatic carbocycles. The molecule has 0 radical (unpaired) electrons. The minimum Gasteiger partial charge on any atom is -0.207 e. The molecule has 0 bridgehead atoms. The first kappa shape index (κ1) is 12.4. The molecule has 0 saturated heterocycles. The van der Waals surface area contributed by atoms with Gasteiger partial charge in [0.1, 0.15) is 5.82 Å². The number of halogens is 3. The standard InChI is InChI=1S/C14H11Cl2F/c15-12-5-1-10(2-6-12)9-14(16)11-3-7-13(17)8-4-11/h1-8,14H,9H2. The predicted octanol–water partition coefficient (Wildman–Crippen LogP) is 5.00. The number of hydrogen-bond acceptors (Lipinski definition) is 0. The molecular weight excluding hydrogens is 258 g/mol. The summed E-state index contributed by atoms with van der Waals surface area (Å²) in [5.74, 6) is -0.246. The van der Waals surface area contributed by atoms with Crippen LogP contribution in [-0.4, -0.2) is 0 Å². The molecule has 0 spiro atoms. The Bertz CT molecular complexity index is 477. The highest BCUT2D eigenvalue weighted by Crippen LogP contribution is 2.25. The van der Waals surface area contributed by atoms with Gasteiger partial charge in [0.05, 0.1) is 5.38 Å². The summed E-state index contributed by atoms with van der Waals surface area (Å²) in [4.78, 5) is 0. The summed E-state index contributed by atoms with van der Waals surface area (Å²) in [6, 6.07) is 13.8. The minimum atomic E-state index is -0.246. The van der Waals surface area contributed by atoms with E-state index in [1.807, 2.05) is 24.3 Å². The summed E-state index contributed by atoms with van der Waals surface area (Å²) in [5, 5.41) is 0.554. The van der Waals surface area contributed by atoms with E-state index in [2.05, 4.69) is 0 Å². The van der Waals surface area contributed by atoms with Crippen LogP contribution in [0.4, 0.5) is 4.39 Å². The van der Waals surface area contributed by atoms with Gasteiger partial charge in [-0.2, -0.15) is 0 Å². The molecule has 0 aliphatic rings. The molecule has 1 atom stereocenters. The van der Waals surface area contributed by atoms with Crippen LogP contribution in [0.2, 0.25) is 5.02 Å². The van der Waals surface area contributed by atoms with Crippen molar-refractivity contribution >= 4 is 23.2 Å². The van der Waals surface area contributed by atoms with Crippen molar-refractivity contribution in [1.82, 2.24) is 0 Å². The van der Waals surface area contributed by atoms with Crippen molar-refractivity contribution in [2.75, 3.05) is 0 Å². The fourth-order valence-corrected chi connectivity index (χ4v) is 2.07. The Balaban J connectivity index is 2.08. The number of alkyl halides is 1. The first-order valence-electron chi connectivity index (χ1n) is 5.29. The normalized spacial score (nSPS) is 12.4. The van der Waals surface area contributed by atoms with Gasteiger partial charge in [0.2, 0.25) is 0 Å². The van der Waals surface area contributed by atoms with E-state index >= 15 is 0 Å². The molecule has 17 heavy (non-hydrogen) atoms. The van der Waals surface area contributed by atoms with Crippen molar-refractivity contribution in [2.45, 2.75) is 11.8 Å². The maximum atomic E-state index is 12.8. The Labute approximate surface area is 110 Å². The number of rotatable bonds is 3. The van der Waals surface area contributed by atoms with Gasteiger partial charge in [0.25, 0.3) is 0 Å². The van der Waals surface area contributed by atoms with Crippen molar-refractivity contribution in [3.8, 4) is 0 Å². The van der Waals surface area contributed by atoms with Gasteiger partial charge in [-0.3, -0.25) is 0 Å². The Kier molecular flexibility index (Phi) is 4.03. The van der Waals surface area contributed by atoms with Gasteiger partial charge < -0.3 is 0 Å². The molecule has 2 aromatic rings. The van der Waals surface area contributed by atoms with Crippen LogP contribution in [0.3, 0.4) is 0 Å². The van der Waals surface area contributed by atoms with E-state index < -0.39 is 0 Å². The van der Waals surface area contributed by atoms with E-state index in [0.717, 1.165) is 11.1 Å². The zero-order valence-electron chi connectivity index (χ0n) is 9.04. The molecule has 0 saturated carbocycles. The molecule has 0 aliphatic heterocycles. The molecule has 0 fully saturated rings. The summed E-state index contributed by atoms with van der Waals surface area (Å²) in [6.45, 7) is 0. The van der Waals surface area contributed by atoms with Crippen LogP contribution in [-0.2, 0) is 6.42 Å². The quantitative estimate of drug-likeness (QED) is 0.688. The Morgan fingerprint density at radius 2 is 1.53 bits per heavy atom. The molecule has 0 N–H and O–H groups in total. The van der Waals surface area contributed by atoms with E-state index in [-0.39, 0.29) is 11.2 Å². The average molecular weight is 269 g/mol. The van der Waals surface area contributed by atoms with Crippen molar-refractivity contribution < 1.29 is 4.39 Å². The van der Waals surface area contributed by atoms with E-state index in [1.54, 1.807) is 12.1 Å². The van der Waals surface area contributed by atoms with E-state index in [9.17, 15) is 4.39 Å². The second-order valence-corrected chi connectivity index (χ2v) is 4.81. The summed E-state index contributed by atoms with van der Waals surface area (Å²) < 4.78 is 12.8. The maximum absolute atomic E-state index is 12.8. The largest absolute Gasteiger partial charge is 0.207 e. The summed E-state index contributed by atoms with van der Waals surface area (Å²) in [6.07, 6.45) is 0.699. The zero-order valence-corrected chi connectivity index (χ0v) is 10.5. The van der Waals surface area contributed by atoms with Crippen molar-refractivity contribution in [1.29, 1.82) is 0 Å². The predicted molar refractivity (Wildman–Crippen MR) is 70.2 cm³/mol. The lowest BCUT2D eigenvalue weighted by molar-refractivity contribution is 0.626.